The predicted molar refractivity (Wildman–Crippen MR) is 113 cm³/mol. The molecule has 1 atom stereocenters. The van der Waals surface area contributed by atoms with Crippen LogP contribution in [-0.4, -0.2) is 64.9 Å². The molecule has 1 saturated heterocycles. The van der Waals surface area contributed by atoms with E-state index in [4.69, 9.17) is 18.6 Å². The van der Waals surface area contributed by atoms with Crippen LogP contribution in [0.3, 0.4) is 0 Å². The highest BCUT2D eigenvalue weighted by Gasteiger charge is 2.32. The first kappa shape index (κ1) is 21.8. The van der Waals surface area contributed by atoms with E-state index in [1.807, 2.05) is 0 Å². The Morgan fingerprint density at radius 1 is 1.28 bits per heavy atom. The summed E-state index contributed by atoms with van der Waals surface area (Å²) in [6.07, 6.45) is 5.12. The van der Waals surface area contributed by atoms with Crippen LogP contribution in [-0.2, 0) is 14.2 Å². The van der Waals surface area contributed by atoms with Gasteiger partial charge in [-0.2, -0.15) is 0 Å². The highest BCUT2D eigenvalue weighted by molar-refractivity contribution is 6.09. The Bertz CT molecular complexity index is 1070. The second-order valence-corrected chi connectivity index (χ2v) is 7.21. The van der Waals surface area contributed by atoms with E-state index < -0.39 is 12.1 Å². The molecule has 0 aliphatic carbocycles. The van der Waals surface area contributed by atoms with E-state index in [0.717, 1.165) is 12.8 Å². The number of aromatic amines is 1. The van der Waals surface area contributed by atoms with Gasteiger partial charge in [-0.05, 0) is 39.2 Å². The molecule has 0 spiro atoms. The molecule has 0 aromatic carbocycles. The number of nitrogens with one attached hydrogen (secondary N) is 1. The van der Waals surface area contributed by atoms with Crippen molar-refractivity contribution in [1.29, 1.82) is 0 Å². The average Bonchev–Trinajstić information content (AvgIpc) is 3.55. The first-order valence-electron chi connectivity index (χ1n) is 10.6. The van der Waals surface area contributed by atoms with Crippen molar-refractivity contribution in [1.82, 2.24) is 20.4 Å². The Morgan fingerprint density at radius 2 is 2.12 bits per heavy atom. The number of hydrogen-bond donors (Lipinski definition) is 1. The highest BCUT2D eigenvalue weighted by atomic mass is 16.6. The molecule has 1 aliphatic rings. The van der Waals surface area contributed by atoms with Crippen molar-refractivity contribution in [3.05, 3.63) is 24.2 Å². The summed E-state index contributed by atoms with van der Waals surface area (Å²) in [5.41, 5.74) is 1.66. The lowest BCUT2D eigenvalue weighted by Gasteiger charge is -2.23. The fourth-order valence-electron chi connectivity index (χ4n) is 3.70. The van der Waals surface area contributed by atoms with E-state index in [-0.39, 0.29) is 43.0 Å². The molecule has 4 rings (SSSR count). The molecule has 3 aromatic rings. The van der Waals surface area contributed by atoms with Crippen molar-refractivity contribution >= 4 is 28.8 Å². The predicted octanol–water partition coefficient (Wildman–Crippen LogP) is 3.32. The summed E-state index contributed by atoms with van der Waals surface area (Å²) in [5.74, 6) is -0.790. The van der Waals surface area contributed by atoms with Crippen LogP contribution >= 0.6 is 0 Å². The van der Waals surface area contributed by atoms with E-state index in [9.17, 15) is 9.59 Å². The molecule has 1 N–H and O–H groups in total. The molecule has 3 aromatic heterocycles. The monoisotopic (exact) mass is 443 g/mol. The molecule has 0 bridgehead atoms. The van der Waals surface area contributed by atoms with Crippen molar-refractivity contribution in [3.8, 4) is 11.3 Å². The molecule has 1 unspecified atom stereocenters. The number of carbonyl (C=O) groups excluding carboxylic acids is 2. The number of rotatable bonds is 8. The van der Waals surface area contributed by atoms with Crippen LogP contribution in [0.1, 0.15) is 43.7 Å². The summed E-state index contributed by atoms with van der Waals surface area (Å²) in [7, 11) is 0. The summed E-state index contributed by atoms with van der Waals surface area (Å²) in [4.78, 5) is 31.4. The topological polar surface area (TPSA) is 133 Å². The molecule has 0 saturated carbocycles. The molecule has 0 radical (unpaired) electrons. The van der Waals surface area contributed by atoms with Gasteiger partial charge in [0.25, 0.3) is 0 Å². The minimum absolute atomic E-state index is 0.0416. The number of H-pyrrole nitrogens is 1. The average molecular weight is 443 g/mol. The molecule has 170 valence electrons. The van der Waals surface area contributed by atoms with Gasteiger partial charge in [-0.15, -0.1) is 5.10 Å². The van der Waals surface area contributed by atoms with Gasteiger partial charge in [0.05, 0.1) is 30.9 Å². The number of pyridine rings is 1. The van der Waals surface area contributed by atoms with Gasteiger partial charge in [-0.1, -0.05) is 5.21 Å². The number of carbonyl (C=O) groups is 2. The van der Waals surface area contributed by atoms with Crippen LogP contribution in [0.25, 0.3) is 22.4 Å². The van der Waals surface area contributed by atoms with Crippen LogP contribution in [0, 0.1) is 0 Å². The quantitative estimate of drug-likeness (QED) is 0.520. The van der Waals surface area contributed by atoms with Gasteiger partial charge in [-0.3, -0.25) is 10.00 Å². The first-order chi connectivity index (χ1) is 15.6. The van der Waals surface area contributed by atoms with Crippen molar-refractivity contribution in [2.45, 2.75) is 39.2 Å². The van der Waals surface area contributed by atoms with Gasteiger partial charge in [0.1, 0.15) is 11.4 Å². The molecule has 11 heteroatoms. The zero-order valence-electron chi connectivity index (χ0n) is 18.0. The van der Waals surface area contributed by atoms with Crippen LogP contribution in [0.5, 0.6) is 0 Å². The van der Waals surface area contributed by atoms with Crippen molar-refractivity contribution < 1.29 is 28.2 Å². The maximum Gasteiger partial charge on any atom is 0.414 e. The molecule has 1 fully saturated rings. The first-order valence-corrected chi connectivity index (χ1v) is 10.6. The lowest BCUT2D eigenvalue weighted by atomic mass is 10.1. The van der Waals surface area contributed by atoms with Crippen molar-refractivity contribution in [2.24, 2.45) is 0 Å². The third-order valence-electron chi connectivity index (χ3n) is 5.15. The second-order valence-electron chi connectivity index (χ2n) is 7.21. The number of furan rings is 1. The van der Waals surface area contributed by atoms with Crippen LogP contribution in [0.15, 0.2) is 22.9 Å². The number of anilines is 1. The van der Waals surface area contributed by atoms with Crippen molar-refractivity contribution in [3.63, 3.8) is 0 Å². The largest absolute Gasteiger partial charge is 0.460 e. The number of fused-ring (bicyclic) bond motifs is 1. The fourth-order valence-corrected chi connectivity index (χ4v) is 3.70. The maximum absolute atomic E-state index is 13.0. The Labute approximate surface area is 184 Å². The van der Waals surface area contributed by atoms with Crippen LogP contribution in [0.2, 0.25) is 0 Å². The summed E-state index contributed by atoms with van der Waals surface area (Å²) >= 11 is 0. The SMILES string of the molecule is CCOC(=O)c1oc2ncc(-c3c[nH]nn3)cc2c1N(CCC1CCCO1)C(=O)OCC. The zero-order valence-corrected chi connectivity index (χ0v) is 18.0. The summed E-state index contributed by atoms with van der Waals surface area (Å²) in [5, 5.41) is 10.8. The van der Waals surface area contributed by atoms with Gasteiger partial charge < -0.3 is 18.6 Å². The normalized spacial score (nSPS) is 15.8. The molecule has 11 nitrogen and oxygen atoms in total. The lowest BCUT2D eigenvalue weighted by molar-refractivity contribution is 0.0493. The minimum Gasteiger partial charge on any atom is -0.460 e. The third kappa shape index (κ3) is 4.42. The summed E-state index contributed by atoms with van der Waals surface area (Å²) in [6, 6.07) is 1.75. The van der Waals surface area contributed by atoms with Crippen molar-refractivity contribution in [2.75, 3.05) is 31.3 Å². The van der Waals surface area contributed by atoms with Crippen LogP contribution in [0.4, 0.5) is 10.5 Å². The smallest absolute Gasteiger partial charge is 0.414 e. The summed E-state index contributed by atoms with van der Waals surface area (Å²) in [6.45, 7) is 4.74. The van der Waals surface area contributed by atoms with Gasteiger partial charge in [0, 0.05) is 24.9 Å². The highest BCUT2D eigenvalue weighted by Crippen LogP contribution is 2.36. The van der Waals surface area contributed by atoms with Gasteiger partial charge in [-0.25, -0.2) is 14.6 Å². The number of nitrogens with zero attached hydrogens (tertiary/aromatic N) is 4. The summed E-state index contributed by atoms with van der Waals surface area (Å²) < 4.78 is 21.9. The number of amides is 1. The number of ether oxygens (including phenoxy) is 3. The molecular weight excluding hydrogens is 418 g/mol. The number of hydrogen-bond acceptors (Lipinski definition) is 9. The number of aromatic nitrogens is 4. The molecule has 32 heavy (non-hydrogen) atoms. The molecule has 1 aliphatic heterocycles. The Morgan fingerprint density at radius 3 is 2.81 bits per heavy atom. The molecule has 4 heterocycles. The maximum atomic E-state index is 13.0. The van der Waals surface area contributed by atoms with E-state index in [0.29, 0.717) is 29.7 Å². The lowest BCUT2D eigenvalue weighted by Crippen LogP contribution is -2.35. The van der Waals surface area contributed by atoms with E-state index in [1.54, 1.807) is 32.3 Å². The molecular formula is C21H25N5O6. The Hall–Kier alpha value is -3.47. The van der Waals surface area contributed by atoms with E-state index in [1.165, 1.54) is 4.90 Å². The third-order valence-corrected chi connectivity index (χ3v) is 5.15. The Kier molecular flexibility index (Phi) is 6.64. The fraction of sp³-hybridized carbons (Fsp3) is 0.476. The van der Waals surface area contributed by atoms with E-state index in [2.05, 4.69) is 20.4 Å². The van der Waals surface area contributed by atoms with Gasteiger partial charge in [0.15, 0.2) is 0 Å². The van der Waals surface area contributed by atoms with Gasteiger partial charge in [0.2, 0.25) is 11.5 Å². The molecule has 1 amide bonds. The van der Waals surface area contributed by atoms with Crippen LogP contribution < -0.4 is 4.90 Å². The van der Waals surface area contributed by atoms with E-state index >= 15 is 0 Å². The minimum atomic E-state index is -0.685. The standard InChI is InChI=1S/C21H25N5O6/c1-3-29-20(27)18-17(26(21(28)30-4-2)8-7-14-6-5-9-31-14)15-10-13(11-22-19(15)32-18)16-12-23-25-24-16/h10-12,14H,3-9H2,1-2H3,(H,23,24,25). The second kappa shape index (κ2) is 9.77. The van der Waals surface area contributed by atoms with Gasteiger partial charge >= 0.3 is 12.1 Å². The number of esters is 1. The zero-order chi connectivity index (χ0) is 22.5. The Balaban J connectivity index is 1.81.